The Hall–Kier alpha value is -1.48. The van der Waals surface area contributed by atoms with Gasteiger partial charge in [-0.1, -0.05) is 0 Å². The lowest BCUT2D eigenvalue weighted by Gasteiger charge is -2.03. The van der Waals surface area contributed by atoms with Gasteiger partial charge < -0.3 is 4.74 Å². The molecule has 1 aliphatic heterocycles. The largest absolute Gasteiger partial charge is 0.462 e. The number of hydrazone groups is 1. The summed E-state index contributed by atoms with van der Waals surface area (Å²) in [7, 11) is 1.73. The number of esters is 1. The lowest BCUT2D eigenvalue weighted by atomic mass is 10.3. The van der Waals surface area contributed by atoms with E-state index < -0.39 is 5.97 Å². The summed E-state index contributed by atoms with van der Waals surface area (Å²) in [5.74, 6) is -0.598. The molecule has 1 aliphatic rings. The van der Waals surface area contributed by atoms with Gasteiger partial charge in [0.05, 0.1) is 17.7 Å². The number of allylic oxidation sites excluding steroid dienone is 1. The fourth-order valence-corrected chi connectivity index (χ4v) is 1.53. The third-order valence-corrected chi connectivity index (χ3v) is 2.27. The maximum atomic E-state index is 11.3. The summed E-state index contributed by atoms with van der Waals surface area (Å²) in [6, 6.07) is 1.82. The van der Waals surface area contributed by atoms with Crippen molar-refractivity contribution >= 4 is 24.1 Å². The van der Waals surface area contributed by atoms with Gasteiger partial charge in [0.1, 0.15) is 6.07 Å². The Bertz CT molecular complexity index is 343. The highest BCUT2D eigenvalue weighted by Gasteiger charge is 2.20. The van der Waals surface area contributed by atoms with Gasteiger partial charge in [-0.15, -0.1) is 0 Å². The molecule has 1 rings (SSSR count). The van der Waals surface area contributed by atoms with Crippen molar-refractivity contribution in [3.63, 3.8) is 0 Å². The number of nitriles is 1. The van der Waals surface area contributed by atoms with E-state index in [4.69, 9.17) is 10.00 Å². The Morgan fingerprint density at radius 3 is 3.00 bits per heavy atom. The zero-order valence-corrected chi connectivity index (χ0v) is 8.67. The van der Waals surface area contributed by atoms with Crippen LogP contribution in [0.3, 0.4) is 0 Å². The van der Waals surface area contributed by atoms with Crippen molar-refractivity contribution in [2.45, 2.75) is 6.92 Å². The van der Waals surface area contributed by atoms with Gasteiger partial charge in [-0.2, -0.15) is 10.4 Å². The summed E-state index contributed by atoms with van der Waals surface area (Å²) >= 11 is 1.22. The average molecular weight is 211 g/mol. The molecule has 74 valence electrons. The number of hydrogen-bond acceptors (Lipinski definition) is 6. The molecular weight excluding hydrogens is 202 g/mol. The SMILES string of the molecule is CCOC(=O)/C(C#N)=C1/C=NN(C)S1. The number of carbonyl (C=O) groups is 1. The molecule has 0 N–H and O–H groups in total. The maximum absolute atomic E-state index is 11.3. The third kappa shape index (κ3) is 2.26. The number of hydrogen-bond donors (Lipinski definition) is 0. The van der Waals surface area contributed by atoms with Gasteiger partial charge in [0.15, 0.2) is 5.57 Å². The normalized spacial score (nSPS) is 17.9. The molecule has 0 aromatic rings. The van der Waals surface area contributed by atoms with Gasteiger partial charge in [-0.3, -0.25) is 0 Å². The van der Waals surface area contributed by atoms with E-state index in [1.54, 1.807) is 18.4 Å². The summed E-state index contributed by atoms with van der Waals surface area (Å²) in [5.41, 5.74) is 0.00458. The molecule has 0 fully saturated rings. The predicted molar refractivity (Wildman–Crippen MR) is 53.1 cm³/mol. The van der Waals surface area contributed by atoms with Crippen molar-refractivity contribution in [1.29, 1.82) is 5.26 Å². The Balaban J connectivity index is 2.87. The third-order valence-electron chi connectivity index (χ3n) is 1.41. The first-order valence-electron chi connectivity index (χ1n) is 3.96. The maximum Gasteiger partial charge on any atom is 0.350 e. The van der Waals surface area contributed by atoms with E-state index in [9.17, 15) is 4.79 Å². The zero-order valence-electron chi connectivity index (χ0n) is 7.85. The molecule has 0 saturated carbocycles. The molecule has 0 spiro atoms. The van der Waals surface area contributed by atoms with E-state index in [-0.39, 0.29) is 12.2 Å². The molecule has 0 bridgehead atoms. The van der Waals surface area contributed by atoms with Crippen molar-refractivity contribution in [2.75, 3.05) is 13.7 Å². The molecule has 0 aliphatic carbocycles. The van der Waals surface area contributed by atoms with E-state index in [1.807, 2.05) is 6.07 Å². The molecule has 0 atom stereocenters. The molecule has 0 aromatic carbocycles. The van der Waals surface area contributed by atoms with E-state index in [2.05, 4.69) is 5.10 Å². The standard InChI is InChI=1S/C8H9N3O2S/c1-3-13-8(12)6(4-9)7-5-10-11(2)14-7/h5H,3H2,1-2H3/b7-6-. The lowest BCUT2D eigenvalue weighted by Crippen LogP contribution is -2.08. The Morgan fingerprint density at radius 2 is 2.57 bits per heavy atom. The second kappa shape index (κ2) is 4.67. The Labute approximate surface area is 86.1 Å². The summed E-state index contributed by atoms with van der Waals surface area (Å²) in [4.78, 5) is 11.8. The van der Waals surface area contributed by atoms with Crippen LogP contribution in [0.25, 0.3) is 0 Å². The van der Waals surface area contributed by atoms with Crippen LogP contribution in [0.15, 0.2) is 15.6 Å². The Kier molecular flexibility index (Phi) is 3.54. The van der Waals surface area contributed by atoms with Crippen LogP contribution >= 0.6 is 11.9 Å². The van der Waals surface area contributed by atoms with Crippen molar-refractivity contribution in [3.05, 3.63) is 10.5 Å². The summed E-state index contributed by atoms with van der Waals surface area (Å²) in [6.07, 6.45) is 1.47. The number of rotatable bonds is 2. The quantitative estimate of drug-likeness (QED) is 0.294. The first-order chi connectivity index (χ1) is 6.69. The van der Waals surface area contributed by atoms with Gasteiger partial charge >= 0.3 is 5.97 Å². The van der Waals surface area contributed by atoms with Gasteiger partial charge in [0, 0.05) is 19.0 Å². The summed E-state index contributed by atoms with van der Waals surface area (Å²) in [6.45, 7) is 1.95. The Morgan fingerprint density at radius 1 is 1.86 bits per heavy atom. The van der Waals surface area contributed by atoms with Crippen LogP contribution in [0.4, 0.5) is 0 Å². The fourth-order valence-electron chi connectivity index (χ4n) is 0.838. The second-order valence-corrected chi connectivity index (χ2v) is 3.52. The van der Waals surface area contributed by atoms with Crippen LogP contribution in [0.5, 0.6) is 0 Å². The first-order valence-corrected chi connectivity index (χ1v) is 4.73. The fraction of sp³-hybridized carbons (Fsp3) is 0.375. The van der Waals surface area contributed by atoms with Gasteiger partial charge in [0.2, 0.25) is 0 Å². The minimum Gasteiger partial charge on any atom is -0.462 e. The zero-order chi connectivity index (χ0) is 10.6. The smallest absolute Gasteiger partial charge is 0.350 e. The average Bonchev–Trinajstić information content (AvgIpc) is 2.54. The topological polar surface area (TPSA) is 65.7 Å². The highest BCUT2D eigenvalue weighted by Crippen LogP contribution is 2.27. The van der Waals surface area contributed by atoms with Crippen molar-refractivity contribution in [1.82, 2.24) is 4.41 Å². The van der Waals surface area contributed by atoms with Crippen LogP contribution in [0, 0.1) is 11.3 Å². The van der Waals surface area contributed by atoms with Crippen molar-refractivity contribution < 1.29 is 9.53 Å². The van der Waals surface area contributed by atoms with Crippen LogP contribution in [0.1, 0.15) is 6.92 Å². The molecule has 6 heteroatoms. The molecule has 1 heterocycles. The number of nitrogens with zero attached hydrogens (tertiary/aromatic N) is 3. The minimum atomic E-state index is -0.598. The van der Waals surface area contributed by atoms with E-state index >= 15 is 0 Å². The summed E-state index contributed by atoms with van der Waals surface area (Å²) < 4.78 is 6.29. The molecule has 0 radical (unpaired) electrons. The van der Waals surface area contributed by atoms with Crippen LogP contribution in [-0.4, -0.2) is 30.3 Å². The highest BCUT2D eigenvalue weighted by molar-refractivity contribution is 8.02. The molecule has 14 heavy (non-hydrogen) atoms. The second-order valence-electron chi connectivity index (χ2n) is 2.37. The summed E-state index contributed by atoms with van der Waals surface area (Å²) in [5, 5.41) is 12.7. The van der Waals surface area contributed by atoms with Crippen LogP contribution in [0.2, 0.25) is 0 Å². The van der Waals surface area contributed by atoms with Crippen molar-refractivity contribution in [3.8, 4) is 6.07 Å². The number of ether oxygens (including phenoxy) is 1. The monoisotopic (exact) mass is 211 g/mol. The lowest BCUT2D eigenvalue weighted by molar-refractivity contribution is -0.138. The van der Waals surface area contributed by atoms with Gasteiger partial charge in [-0.25, -0.2) is 9.21 Å². The molecule has 0 amide bonds. The van der Waals surface area contributed by atoms with Gasteiger partial charge in [0.25, 0.3) is 0 Å². The van der Waals surface area contributed by atoms with Crippen molar-refractivity contribution in [2.24, 2.45) is 5.10 Å². The van der Waals surface area contributed by atoms with Gasteiger partial charge in [-0.05, 0) is 6.92 Å². The van der Waals surface area contributed by atoms with E-state index in [0.717, 1.165) is 0 Å². The molecule has 0 aromatic heterocycles. The van der Waals surface area contributed by atoms with E-state index in [1.165, 1.54) is 18.2 Å². The predicted octanol–water partition coefficient (Wildman–Crippen LogP) is 0.907. The van der Waals surface area contributed by atoms with Crippen LogP contribution in [-0.2, 0) is 9.53 Å². The molecule has 5 nitrogen and oxygen atoms in total. The molecule has 0 unspecified atom stereocenters. The minimum absolute atomic E-state index is 0.00458. The first kappa shape index (κ1) is 10.6. The van der Waals surface area contributed by atoms with Crippen LogP contribution < -0.4 is 0 Å². The highest BCUT2D eigenvalue weighted by atomic mass is 32.2. The molecule has 0 saturated heterocycles. The van der Waals surface area contributed by atoms with E-state index in [0.29, 0.717) is 4.91 Å². The molecular formula is C8H9N3O2S. The number of carbonyl (C=O) groups excluding carboxylic acids is 1.